The first-order chi connectivity index (χ1) is 12.0. The Morgan fingerprint density at radius 1 is 1.38 bits per heavy atom. The third-order valence-electron chi connectivity index (χ3n) is 2.69. The predicted molar refractivity (Wildman–Crippen MR) is 83.2 cm³/mol. The Kier molecular flexibility index (Phi) is 5.81. The Hall–Kier alpha value is -2.28. The number of aromatic nitrogens is 2. The molecular formula is C13H12F3N3O5S2. The number of alkyl halides is 3. The van der Waals surface area contributed by atoms with Gasteiger partial charge in [0.1, 0.15) is 4.90 Å². The van der Waals surface area contributed by atoms with Crippen molar-refractivity contribution in [2.45, 2.75) is 30.0 Å². The largest absolute Gasteiger partial charge is 0.573 e. The van der Waals surface area contributed by atoms with E-state index in [9.17, 15) is 26.4 Å². The molecule has 0 saturated carbocycles. The Bertz CT molecular complexity index is 912. The van der Waals surface area contributed by atoms with E-state index in [1.807, 2.05) is 0 Å². The molecule has 0 radical (unpaired) electrons. The van der Waals surface area contributed by atoms with E-state index in [-0.39, 0.29) is 10.8 Å². The molecule has 2 aromatic rings. The molecular weight excluding hydrogens is 399 g/mol. The average Bonchev–Trinajstić information content (AvgIpc) is 2.92. The van der Waals surface area contributed by atoms with Crippen LogP contribution >= 0.6 is 11.8 Å². The summed E-state index contributed by atoms with van der Waals surface area (Å²) in [6.45, 7) is 3.06. The van der Waals surface area contributed by atoms with Gasteiger partial charge in [0.2, 0.25) is 5.89 Å². The molecule has 0 spiro atoms. The highest BCUT2D eigenvalue weighted by Crippen LogP contribution is 2.36. The maximum absolute atomic E-state index is 12.6. The lowest BCUT2D eigenvalue weighted by atomic mass is 10.3. The zero-order valence-corrected chi connectivity index (χ0v) is 15.0. The van der Waals surface area contributed by atoms with Crippen LogP contribution in [-0.2, 0) is 10.0 Å². The number of nitrogens with one attached hydrogen (secondary N) is 1. The molecule has 1 N–H and O–H groups in total. The van der Waals surface area contributed by atoms with E-state index in [1.54, 1.807) is 11.6 Å². The van der Waals surface area contributed by atoms with Gasteiger partial charge in [-0.3, -0.25) is 4.79 Å². The van der Waals surface area contributed by atoms with Gasteiger partial charge in [0, 0.05) is 11.8 Å². The van der Waals surface area contributed by atoms with Crippen LogP contribution in [0, 0.1) is 6.92 Å². The molecule has 26 heavy (non-hydrogen) atoms. The molecule has 0 saturated heterocycles. The first-order valence-electron chi connectivity index (χ1n) is 6.92. The van der Waals surface area contributed by atoms with Crippen LogP contribution in [0.15, 0.2) is 32.5 Å². The highest BCUT2D eigenvalue weighted by molar-refractivity contribution is 8.00. The number of hydrogen-bond acceptors (Lipinski definition) is 8. The van der Waals surface area contributed by atoms with Crippen molar-refractivity contribution in [1.29, 1.82) is 0 Å². The van der Waals surface area contributed by atoms with Crippen LogP contribution in [-0.4, -0.2) is 36.6 Å². The molecule has 142 valence electrons. The number of carbonyl (C=O) groups excluding carboxylic acids is 1. The van der Waals surface area contributed by atoms with Crippen LogP contribution in [0.2, 0.25) is 0 Å². The van der Waals surface area contributed by atoms with Crippen LogP contribution in [0.3, 0.4) is 0 Å². The predicted octanol–water partition coefficient (Wildman–Crippen LogP) is 2.51. The summed E-state index contributed by atoms with van der Waals surface area (Å²) < 4.78 is 72.9. The van der Waals surface area contributed by atoms with E-state index >= 15 is 0 Å². The average molecular weight is 411 g/mol. The number of sulfonamides is 1. The van der Waals surface area contributed by atoms with Gasteiger partial charge in [0.15, 0.2) is 5.75 Å². The summed E-state index contributed by atoms with van der Waals surface area (Å²) in [6.07, 6.45) is -5.12. The molecule has 8 nitrogen and oxygen atoms in total. The topological polar surface area (TPSA) is 111 Å². The highest BCUT2D eigenvalue weighted by Gasteiger charge is 2.36. The minimum absolute atomic E-state index is 0.00980. The van der Waals surface area contributed by atoms with Crippen molar-refractivity contribution < 1.29 is 35.6 Å². The molecule has 0 aliphatic rings. The number of nitrogens with zero attached hydrogens (tertiary/aromatic N) is 2. The number of rotatable bonds is 6. The van der Waals surface area contributed by atoms with Crippen LogP contribution in [0.25, 0.3) is 0 Å². The fraction of sp³-hybridized carbons (Fsp3) is 0.308. The number of carbonyl (C=O) groups is 1. The molecule has 0 fully saturated rings. The molecule has 1 amide bonds. The fourth-order valence-corrected chi connectivity index (χ4v) is 4.21. The van der Waals surface area contributed by atoms with Crippen molar-refractivity contribution >= 4 is 27.7 Å². The Morgan fingerprint density at radius 3 is 2.62 bits per heavy atom. The van der Waals surface area contributed by atoms with E-state index in [0.29, 0.717) is 5.75 Å². The number of aryl methyl sites for hydroxylation is 1. The van der Waals surface area contributed by atoms with Gasteiger partial charge < -0.3 is 9.26 Å². The van der Waals surface area contributed by atoms with Crippen LogP contribution in [0.4, 0.5) is 13.2 Å². The smallest absolute Gasteiger partial charge is 0.404 e. The second-order valence-corrected chi connectivity index (χ2v) is 7.56. The second kappa shape index (κ2) is 7.53. The maximum Gasteiger partial charge on any atom is 0.573 e. The van der Waals surface area contributed by atoms with Crippen molar-refractivity contribution in [3.05, 3.63) is 29.9 Å². The lowest BCUT2D eigenvalue weighted by Gasteiger charge is -2.16. The quantitative estimate of drug-likeness (QED) is 0.722. The molecule has 0 atom stereocenters. The first-order valence-corrected chi connectivity index (χ1v) is 9.39. The zero-order valence-electron chi connectivity index (χ0n) is 13.3. The van der Waals surface area contributed by atoms with E-state index in [1.165, 1.54) is 19.1 Å². The van der Waals surface area contributed by atoms with E-state index < -0.39 is 38.8 Å². The standard InChI is InChI=1S/C13H12F3N3O5S2/c1-3-25-9-6-4-5-8(23-13(14,15)16)10(9)26(21,22)19-12(20)11-17-7(2)24-18-11/h4-6H,3H2,1-2H3,(H,19,20). The minimum atomic E-state index is -5.12. The second-order valence-electron chi connectivity index (χ2n) is 4.64. The van der Waals surface area contributed by atoms with Gasteiger partial charge in [-0.05, 0) is 17.9 Å². The summed E-state index contributed by atoms with van der Waals surface area (Å²) in [5.41, 5.74) is 0. The van der Waals surface area contributed by atoms with Crippen LogP contribution in [0.5, 0.6) is 5.75 Å². The highest BCUT2D eigenvalue weighted by atomic mass is 32.2. The summed E-state index contributed by atoms with van der Waals surface area (Å²) in [6, 6.07) is 3.35. The third kappa shape index (κ3) is 4.88. The van der Waals surface area contributed by atoms with E-state index in [0.717, 1.165) is 17.8 Å². The number of amides is 1. The summed E-state index contributed by atoms with van der Waals surface area (Å²) in [5.74, 6) is -2.41. The lowest BCUT2D eigenvalue weighted by Crippen LogP contribution is -2.32. The summed E-state index contributed by atoms with van der Waals surface area (Å²) in [7, 11) is -4.72. The lowest BCUT2D eigenvalue weighted by molar-refractivity contribution is -0.275. The normalized spacial score (nSPS) is 12.0. The Morgan fingerprint density at radius 2 is 2.08 bits per heavy atom. The first kappa shape index (κ1) is 20.0. The molecule has 0 aliphatic heterocycles. The molecule has 2 rings (SSSR count). The zero-order chi connectivity index (χ0) is 19.5. The minimum Gasteiger partial charge on any atom is -0.404 e. The van der Waals surface area contributed by atoms with Gasteiger partial charge in [-0.25, -0.2) is 13.1 Å². The summed E-state index contributed by atoms with van der Waals surface area (Å²) in [4.78, 5) is 14.7. The molecule has 13 heteroatoms. The van der Waals surface area contributed by atoms with E-state index in [4.69, 9.17) is 0 Å². The maximum atomic E-state index is 12.6. The molecule has 1 heterocycles. The van der Waals surface area contributed by atoms with Gasteiger partial charge in [-0.2, -0.15) is 4.98 Å². The molecule has 0 bridgehead atoms. The van der Waals surface area contributed by atoms with Gasteiger partial charge in [-0.1, -0.05) is 18.1 Å². The monoisotopic (exact) mass is 411 g/mol. The van der Waals surface area contributed by atoms with Crippen molar-refractivity contribution in [3.63, 3.8) is 0 Å². The van der Waals surface area contributed by atoms with Crippen molar-refractivity contribution in [2.75, 3.05) is 5.75 Å². The van der Waals surface area contributed by atoms with Crippen LogP contribution < -0.4 is 9.46 Å². The number of hydrogen-bond donors (Lipinski definition) is 1. The van der Waals surface area contributed by atoms with Crippen molar-refractivity contribution in [2.24, 2.45) is 0 Å². The molecule has 0 unspecified atom stereocenters. The van der Waals surface area contributed by atoms with Gasteiger partial charge in [0.05, 0.1) is 0 Å². The van der Waals surface area contributed by atoms with Crippen molar-refractivity contribution in [3.8, 4) is 5.75 Å². The van der Waals surface area contributed by atoms with Crippen molar-refractivity contribution in [1.82, 2.24) is 14.9 Å². The Balaban J connectivity index is 2.47. The molecule has 0 aliphatic carbocycles. The number of halogens is 3. The Labute approximate surface area is 150 Å². The number of benzene rings is 1. The molecule has 1 aromatic heterocycles. The van der Waals surface area contributed by atoms with Gasteiger partial charge in [0.25, 0.3) is 15.8 Å². The van der Waals surface area contributed by atoms with Gasteiger partial charge >= 0.3 is 12.3 Å². The number of thioether (sulfide) groups is 1. The molecule has 1 aromatic carbocycles. The third-order valence-corrected chi connectivity index (χ3v) is 5.18. The van der Waals surface area contributed by atoms with Crippen LogP contribution in [0.1, 0.15) is 23.4 Å². The summed E-state index contributed by atoms with van der Waals surface area (Å²) in [5, 5.41) is 3.26. The fourth-order valence-electron chi connectivity index (χ4n) is 1.84. The SMILES string of the molecule is CCSc1cccc(OC(F)(F)F)c1S(=O)(=O)NC(=O)c1noc(C)n1. The van der Waals surface area contributed by atoms with E-state index in [2.05, 4.69) is 19.4 Å². The summed E-state index contributed by atoms with van der Waals surface area (Å²) >= 11 is 0.968. The number of ether oxygens (including phenoxy) is 1. The van der Waals surface area contributed by atoms with Gasteiger partial charge in [-0.15, -0.1) is 24.9 Å².